The first-order valence-corrected chi connectivity index (χ1v) is 9.93. The third-order valence-corrected chi connectivity index (χ3v) is 4.84. The number of rotatable bonds is 6. The molecule has 0 unspecified atom stereocenters. The molecule has 0 aliphatic carbocycles. The van der Waals surface area contributed by atoms with E-state index in [9.17, 15) is 38.2 Å². The van der Waals surface area contributed by atoms with Crippen molar-refractivity contribution in [2.75, 3.05) is 0 Å². The second-order valence-electron chi connectivity index (χ2n) is 7.22. The third-order valence-electron chi connectivity index (χ3n) is 4.84. The first-order chi connectivity index (χ1) is 17.0. The molecule has 0 saturated heterocycles. The van der Waals surface area contributed by atoms with Gasteiger partial charge in [-0.15, -0.1) is 0 Å². The zero-order chi connectivity index (χ0) is 26.0. The summed E-state index contributed by atoms with van der Waals surface area (Å²) < 4.78 is 49.3. The minimum absolute atomic E-state index is 0.0118. The van der Waals surface area contributed by atoms with E-state index in [2.05, 4.69) is 4.99 Å². The zero-order valence-corrected chi connectivity index (χ0v) is 17.8. The lowest BCUT2D eigenvalue weighted by Crippen LogP contribution is -2.06. The summed E-state index contributed by atoms with van der Waals surface area (Å²) >= 11 is 0. The van der Waals surface area contributed by atoms with Crippen LogP contribution in [0.5, 0.6) is 11.5 Å². The number of ether oxygens (including phenoxy) is 2. The topological polar surface area (TPSA) is 134 Å². The summed E-state index contributed by atoms with van der Waals surface area (Å²) in [6.07, 6.45) is -3.74. The van der Waals surface area contributed by atoms with Gasteiger partial charge in [-0.25, -0.2) is 9.79 Å². The van der Waals surface area contributed by atoms with E-state index in [4.69, 9.17) is 9.47 Å². The van der Waals surface area contributed by atoms with Gasteiger partial charge < -0.3 is 9.47 Å². The summed E-state index contributed by atoms with van der Waals surface area (Å²) in [4.78, 5) is 37.4. The van der Waals surface area contributed by atoms with Crippen LogP contribution in [0.3, 0.4) is 0 Å². The number of carbonyl (C=O) groups excluding carboxylic acids is 1. The molecule has 0 radical (unpaired) electrons. The predicted octanol–water partition coefficient (Wildman–Crippen LogP) is 5.66. The second-order valence-corrected chi connectivity index (χ2v) is 7.22. The SMILES string of the molecule is O=C1OC(c2ccccc2)=NC1=Cc1cc(Oc2ccc(C(F)(F)F)cc2[N+](=O)[O-])ccc1[N+](=O)[O-]. The number of benzene rings is 3. The van der Waals surface area contributed by atoms with Crippen LogP contribution in [0.2, 0.25) is 0 Å². The number of carbonyl (C=O) groups is 1. The van der Waals surface area contributed by atoms with Gasteiger partial charge in [0.2, 0.25) is 11.6 Å². The standard InChI is InChI=1S/C23H12F3N3O7/c24-23(25,26)15-6-9-20(19(12-15)29(33)34)35-16-7-8-18(28(31)32)14(10-16)11-17-22(30)36-21(27-17)13-4-2-1-3-5-13/h1-12H. The van der Waals surface area contributed by atoms with Crippen molar-refractivity contribution in [3.8, 4) is 11.5 Å². The molecule has 0 aromatic heterocycles. The number of hydrogen-bond acceptors (Lipinski definition) is 8. The summed E-state index contributed by atoms with van der Waals surface area (Å²) in [6, 6.07) is 13.3. The van der Waals surface area contributed by atoms with Gasteiger partial charge in [-0.05, 0) is 42.5 Å². The van der Waals surface area contributed by atoms with Crippen LogP contribution in [0.4, 0.5) is 24.5 Å². The maximum absolute atomic E-state index is 12.9. The highest BCUT2D eigenvalue weighted by molar-refractivity contribution is 6.13. The monoisotopic (exact) mass is 499 g/mol. The molecule has 3 aromatic carbocycles. The number of aliphatic imine (C=N–C) groups is 1. The Bertz CT molecular complexity index is 1450. The maximum Gasteiger partial charge on any atom is 0.416 e. The molecule has 13 heteroatoms. The molecule has 0 atom stereocenters. The molecule has 1 heterocycles. The number of nitrogens with zero attached hydrogens (tertiary/aromatic N) is 3. The average molecular weight is 499 g/mol. The molecule has 3 aromatic rings. The third kappa shape index (κ3) is 5.04. The molecule has 36 heavy (non-hydrogen) atoms. The van der Waals surface area contributed by atoms with Crippen LogP contribution in [-0.2, 0) is 15.7 Å². The van der Waals surface area contributed by atoms with Gasteiger partial charge in [0.15, 0.2) is 5.70 Å². The number of cyclic esters (lactones) is 1. The van der Waals surface area contributed by atoms with E-state index in [1.807, 2.05) is 0 Å². The Morgan fingerprint density at radius 3 is 2.25 bits per heavy atom. The highest BCUT2D eigenvalue weighted by Gasteiger charge is 2.33. The van der Waals surface area contributed by atoms with E-state index >= 15 is 0 Å². The Morgan fingerprint density at radius 2 is 1.61 bits per heavy atom. The largest absolute Gasteiger partial charge is 0.450 e. The molecular formula is C23H12F3N3O7. The molecule has 0 fully saturated rings. The summed E-state index contributed by atoms with van der Waals surface area (Å²) in [5, 5.41) is 22.8. The van der Waals surface area contributed by atoms with E-state index < -0.39 is 44.7 Å². The molecule has 1 aliphatic rings. The Labute approximate surface area is 199 Å². The molecule has 0 spiro atoms. The van der Waals surface area contributed by atoms with Gasteiger partial charge >= 0.3 is 17.8 Å². The van der Waals surface area contributed by atoms with Crippen LogP contribution in [-0.4, -0.2) is 21.7 Å². The maximum atomic E-state index is 12.9. The number of esters is 1. The Balaban J connectivity index is 1.72. The Kier molecular flexibility index (Phi) is 6.21. The molecule has 0 bridgehead atoms. The highest BCUT2D eigenvalue weighted by Crippen LogP contribution is 2.39. The van der Waals surface area contributed by atoms with E-state index in [1.165, 1.54) is 0 Å². The second kappa shape index (κ2) is 9.29. The van der Waals surface area contributed by atoms with Crippen LogP contribution >= 0.6 is 0 Å². The first kappa shape index (κ1) is 24.1. The minimum atomic E-state index is -4.81. The number of nitro groups is 2. The molecule has 1 aliphatic heterocycles. The smallest absolute Gasteiger partial charge is 0.416 e. The number of nitro benzene ring substituents is 2. The summed E-state index contributed by atoms with van der Waals surface area (Å²) in [5.74, 6) is -1.57. The van der Waals surface area contributed by atoms with Crippen LogP contribution in [0.15, 0.2) is 77.4 Å². The highest BCUT2D eigenvalue weighted by atomic mass is 19.4. The van der Waals surface area contributed by atoms with E-state index in [-0.39, 0.29) is 22.9 Å². The van der Waals surface area contributed by atoms with Gasteiger partial charge in [-0.1, -0.05) is 18.2 Å². The normalized spacial score (nSPS) is 14.4. The van der Waals surface area contributed by atoms with Crippen LogP contribution in [0, 0.1) is 20.2 Å². The van der Waals surface area contributed by atoms with Gasteiger partial charge in [0.25, 0.3) is 5.69 Å². The molecule has 0 amide bonds. The van der Waals surface area contributed by atoms with Gasteiger partial charge in [0.1, 0.15) is 5.75 Å². The predicted molar refractivity (Wildman–Crippen MR) is 118 cm³/mol. The molecule has 0 N–H and O–H groups in total. The van der Waals surface area contributed by atoms with Crippen molar-refractivity contribution < 1.29 is 37.3 Å². The van der Waals surface area contributed by atoms with E-state index in [1.54, 1.807) is 30.3 Å². The minimum Gasteiger partial charge on any atom is -0.450 e. The molecule has 10 nitrogen and oxygen atoms in total. The summed E-state index contributed by atoms with van der Waals surface area (Å²) in [6.45, 7) is 0. The molecule has 4 rings (SSSR count). The summed E-state index contributed by atoms with van der Waals surface area (Å²) in [5.41, 5.74) is -2.57. The lowest BCUT2D eigenvalue weighted by atomic mass is 10.1. The number of halogens is 3. The van der Waals surface area contributed by atoms with Crippen molar-refractivity contribution in [2.24, 2.45) is 4.99 Å². The number of alkyl halides is 3. The molecule has 182 valence electrons. The lowest BCUT2D eigenvalue weighted by Gasteiger charge is -2.10. The van der Waals surface area contributed by atoms with E-state index in [0.29, 0.717) is 17.7 Å². The quantitative estimate of drug-likeness (QED) is 0.185. The fourth-order valence-electron chi connectivity index (χ4n) is 3.19. The van der Waals surface area contributed by atoms with Gasteiger partial charge in [0.05, 0.1) is 21.0 Å². The van der Waals surface area contributed by atoms with Gasteiger partial charge in [-0.3, -0.25) is 20.2 Å². The van der Waals surface area contributed by atoms with Gasteiger partial charge in [-0.2, -0.15) is 13.2 Å². The Hall–Kier alpha value is -5.07. The van der Waals surface area contributed by atoms with Crippen LogP contribution in [0.1, 0.15) is 16.7 Å². The van der Waals surface area contributed by atoms with Gasteiger partial charge in [0, 0.05) is 17.7 Å². The zero-order valence-electron chi connectivity index (χ0n) is 17.8. The van der Waals surface area contributed by atoms with Crippen molar-refractivity contribution in [3.05, 3.63) is 109 Å². The Morgan fingerprint density at radius 1 is 0.917 bits per heavy atom. The molecular weight excluding hydrogens is 487 g/mol. The van der Waals surface area contributed by atoms with Crippen LogP contribution < -0.4 is 4.74 Å². The molecule has 0 saturated carbocycles. The fourth-order valence-corrected chi connectivity index (χ4v) is 3.19. The fraction of sp³-hybridized carbons (Fsp3) is 0.0435. The van der Waals surface area contributed by atoms with Crippen molar-refractivity contribution >= 4 is 29.3 Å². The van der Waals surface area contributed by atoms with Crippen molar-refractivity contribution in [1.29, 1.82) is 0 Å². The van der Waals surface area contributed by atoms with Crippen molar-refractivity contribution in [2.45, 2.75) is 6.18 Å². The van der Waals surface area contributed by atoms with E-state index in [0.717, 1.165) is 30.3 Å². The number of hydrogen-bond donors (Lipinski definition) is 0. The van der Waals surface area contributed by atoms with Crippen molar-refractivity contribution in [1.82, 2.24) is 0 Å². The van der Waals surface area contributed by atoms with Crippen molar-refractivity contribution in [3.63, 3.8) is 0 Å². The first-order valence-electron chi connectivity index (χ1n) is 9.93. The summed E-state index contributed by atoms with van der Waals surface area (Å²) in [7, 11) is 0. The average Bonchev–Trinajstić information content (AvgIpc) is 3.19. The lowest BCUT2D eigenvalue weighted by molar-refractivity contribution is -0.385. The van der Waals surface area contributed by atoms with Crippen LogP contribution in [0.25, 0.3) is 6.08 Å².